The number of allylic oxidation sites excluding steroid dienone is 4. The van der Waals surface area contributed by atoms with Gasteiger partial charge in [0, 0.05) is 5.69 Å². The molecule has 64 valence electrons. The van der Waals surface area contributed by atoms with Gasteiger partial charge in [0.2, 0.25) is 0 Å². The maximum absolute atomic E-state index is 4.14. The van der Waals surface area contributed by atoms with Gasteiger partial charge in [-0.2, -0.15) is 5.10 Å². The van der Waals surface area contributed by atoms with Crippen molar-refractivity contribution in [1.82, 2.24) is 10.2 Å². The van der Waals surface area contributed by atoms with Crippen LogP contribution in [-0.2, 0) is 0 Å². The third-order valence-electron chi connectivity index (χ3n) is 1.65. The molecule has 1 N–H and O–H groups in total. The normalized spacial score (nSPS) is 12.8. The molecule has 2 nitrogen and oxygen atoms in total. The van der Waals surface area contributed by atoms with Crippen LogP contribution in [0.3, 0.4) is 0 Å². The lowest BCUT2D eigenvalue weighted by molar-refractivity contribution is 1.03. The van der Waals surface area contributed by atoms with E-state index in [0.717, 1.165) is 11.4 Å². The van der Waals surface area contributed by atoms with Gasteiger partial charge in [0.1, 0.15) is 0 Å². The Morgan fingerprint density at radius 1 is 1.58 bits per heavy atom. The first kappa shape index (κ1) is 8.78. The van der Waals surface area contributed by atoms with Crippen molar-refractivity contribution >= 4 is 5.57 Å². The summed E-state index contributed by atoms with van der Waals surface area (Å²) in [6.07, 6.45) is 6.07. The number of nitrogens with zero attached hydrogens (tertiary/aromatic N) is 1. The van der Waals surface area contributed by atoms with Crippen LogP contribution in [0.5, 0.6) is 0 Å². The van der Waals surface area contributed by atoms with Crippen LogP contribution >= 0.6 is 0 Å². The molecule has 1 aromatic heterocycles. The van der Waals surface area contributed by atoms with Gasteiger partial charge in [-0.3, -0.25) is 5.10 Å². The third kappa shape index (κ3) is 2.09. The van der Waals surface area contributed by atoms with Crippen LogP contribution in [-0.4, -0.2) is 10.2 Å². The Hall–Kier alpha value is -1.31. The highest BCUT2D eigenvalue weighted by atomic mass is 15.1. The van der Waals surface area contributed by atoms with Crippen LogP contribution in [0.4, 0.5) is 0 Å². The first-order chi connectivity index (χ1) is 5.74. The molecule has 1 rings (SSSR count). The second-order valence-corrected chi connectivity index (χ2v) is 2.81. The summed E-state index contributed by atoms with van der Waals surface area (Å²) in [7, 11) is 0. The van der Waals surface area contributed by atoms with E-state index in [4.69, 9.17) is 0 Å². The number of rotatable bonds is 2. The Morgan fingerprint density at radius 2 is 2.33 bits per heavy atom. The van der Waals surface area contributed by atoms with Crippen molar-refractivity contribution in [3.63, 3.8) is 0 Å². The summed E-state index contributed by atoms with van der Waals surface area (Å²) < 4.78 is 0. The molecule has 2 heteroatoms. The van der Waals surface area contributed by atoms with Gasteiger partial charge in [-0.15, -0.1) is 0 Å². The molecule has 0 spiro atoms. The van der Waals surface area contributed by atoms with Crippen molar-refractivity contribution < 1.29 is 0 Å². The summed E-state index contributed by atoms with van der Waals surface area (Å²) in [6.45, 7) is 6.05. The minimum atomic E-state index is 1.02. The van der Waals surface area contributed by atoms with E-state index in [9.17, 15) is 0 Å². The van der Waals surface area contributed by atoms with Crippen LogP contribution in [0.25, 0.3) is 5.57 Å². The molecule has 0 aliphatic carbocycles. The van der Waals surface area contributed by atoms with Crippen molar-refractivity contribution in [2.75, 3.05) is 0 Å². The molecule has 12 heavy (non-hydrogen) atoms. The van der Waals surface area contributed by atoms with E-state index in [0.29, 0.717) is 0 Å². The molecule has 0 fully saturated rings. The van der Waals surface area contributed by atoms with Gasteiger partial charge in [-0.05, 0) is 32.4 Å². The predicted octanol–water partition coefficient (Wildman–Crippen LogP) is 2.70. The SMILES string of the molecule is C/C=C\C=C(/C)c1cc(C)[nH]n1. The molecule has 0 aliphatic heterocycles. The molecule has 1 aromatic rings. The molecule has 0 saturated heterocycles. The van der Waals surface area contributed by atoms with E-state index in [1.807, 2.05) is 32.1 Å². The smallest absolute Gasteiger partial charge is 0.0880 e. The molecule has 0 saturated carbocycles. The van der Waals surface area contributed by atoms with Crippen LogP contribution in [0, 0.1) is 6.92 Å². The fraction of sp³-hybridized carbons (Fsp3) is 0.300. The minimum absolute atomic E-state index is 1.02. The van der Waals surface area contributed by atoms with Gasteiger partial charge in [0.15, 0.2) is 0 Å². The van der Waals surface area contributed by atoms with E-state index in [1.54, 1.807) is 0 Å². The number of aromatic nitrogens is 2. The second-order valence-electron chi connectivity index (χ2n) is 2.81. The van der Waals surface area contributed by atoms with E-state index in [2.05, 4.69) is 23.2 Å². The number of nitrogens with one attached hydrogen (secondary N) is 1. The molecular weight excluding hydrogens is 148 g/mol. The molecule has 0 atom stereocenters. The summed E-state index contributed by atoms with van der Waals surface area (Å²) in [5.41, 5.74) is 3.29. The topological polar surface area (TPSA) is 28.7 Å². The zero-order chi connectivity index (χ0) is 8.97. The van der Waals surface area contributed by atoms with E-state index in [1.165, 1.54) is 5.57 Å². The van der Waals surface area contributed by atoms with E-state index < -0.39 is 0 Å². The molecule has 0 amide bonds. The molecule has 0 aliphatic rings. The quantitative estimate of drug-likeness (QED) is 0.665. The van der Waals surface area contributed by atoms with Crippen LogP contribution in [0.2, 0.25) is 0 Å². The second kappa shape index (κ2) is 3.90. The molecule has 0 aromatic carbocycles. The van der Waals surface area contributed by atoms with Crippen molar-refractivity contribution in [3.8, 4) is 0 Å². The molecule has 1 heterocycles. The molecule has 0 bridgehead atoms. The van der Waals surface area contributed by atoms with Gasteiger partial charge in [0.25, 0.3) is 0 Å². The summed E-state index contributed by atoms with van der Waals surface area (Å²) in [4.78, 5) is 0. The number of H-pyrrole nitrogens is 1. The summed E-state index contributed by atoms with van der Waals surface area (Å²) in [6, 6.07) is 2.04. The number of aromatic amines is 1. The fourth-order valence-electron chi connectivity index (χ4n) is 0.946. The first-order valence-electron chi connectivity index (χ1n) is 4.06. The lowest BCUT2D eigenvalue weighted by atomic mass is 10.2. The summed E-state index contributed by atoms with van der Waals surface area (Å²) in [5.74, 6) is 0. The van der Waals surface area contributed by atoms with Crippen LogP contribution < -0.4 is 0 Å². The first-order valence-corrected chi connectivity index (χ1v) is 4.06. The maximum atomic E-state index is 4.14. The van der Waals surface area contributed by atoms with Crippen molar-refractivity contribution in [3.05, 3.63) is 35.7 Å². The number of hydrogen-bond acceptors (Lipinski definition) is 1. The molecule has 0 unspecified atom stereocenters. The zero-order valence-electron chi connectivity index (χ0n) is 7.76. The summed E-state index contributed by atoms with van der Waals surface area (Å²) >= 11 is 0. The van der Waals surface area contributed by atoms with E-state index in [-0.39, 0.29) is 0 Å². The Kier molecular flexibility index (Phi) is 2.86. The molecule has 0 radical (unpaired) electrons. The van der Waals surface area contributed by atoms with Crippen molar-refractivity contribution in [2.24, 2.45) is 0 Å². The lowest BCUT2D eigenvalue weighted by Gasteiger charge is -1.90. The lowest BCUT2D eigenvalue weighted by Crippen LogP contribution is -1.77. The highest BCUT2D eigenvalue weighted by Gasteiger charge is 1.97. The highest BCUT2D eigenvalue weighted by Crippen LogP contribution is 2.10. The van der Waals surface area contributed by atoms with Crippen LogP contribution in [0.15, 0.2) is 24.3 Å². The van der Waals surface area contributed by atoms with Gasteiger partial charge >= 0.3 is 0 Å². The van der Waals surface area contributed by atoms with Gasteiger partial charge in [-0.1, -0.05) is 18.2 Å². The van der Waals surface area contributed by atoms with Crippen LogP contribution in [0.1, 0.15) is 25.2 Å². The standard InChI is InChI=1S/C10H14N2/c1-4-5-6-8(2)10-7-9(3)11-12-10/h4-7H,1-3H3,(H,11,12)/b5-4-,8-6+. The Morgan fingerprint density at radius 3 is 2.83 bits per heavy atom. The highest BCUT2D eigenvalue weighted by molar-refractivity contribution is 5.62. The largest absolute Gasteiger partial charge is 0.282 e. The third-order valence-corrected chi connectivity index (χ3v) is 1.65. The summed E-state index contributed by atoms with van der Waals surface area (Å²) in [5, 5.41) is 7.05. The number of hydrogen-bond donors (Lipinski definition) is 1. The van der Waals surface area contributed by atoms with Gasteiger partial charge in [0.05, 0.1) is 5.69 Å². The monoisotopic (exact) mass is 162 g/mol. The maximum Gasteiger partial charge on any atom is 0.0880 e. The Balaban J connectivity index is 2.84. The minimum Gasteiger partial charge on any atom is -0.282 e. The van der Waals surface area contributed by atoms with Gasteiger partial charge < -0.3 is 0 Å². The number of aryl methyl sites for hydroxylation is 1. The Labute approximate surface area is 73.0 Å². The van der Waals surface area contributed by atoms with E-state index >= 15 is 0 Å². The predicted molar refractivity (Wildman–Crippen MR) is 51.8 cm³/mol. The average Bonchev–Trinajstić information content (AvgIpc) is 2.47. The fourth-order valence-corrected chi connectivity index (χ4v) is 0.946. The average molecular weight is 162 g/mol. The molecular formula is C10H14N2. The Bertz CT molecular complexity index is 305. The zero-order valence-corrected chi connectivity index (χ0v) is 7.76. The van der Waals surface area contributed by atoms with Gasteiger partial charge in [-0.25, -0.2) is 0 Å². The van der Waals surface area contributed by atoms with Crippen molar-refractivity contribution in [2.45, 2.75) is 20.8 Å². The van der Waals surface area contributed by atoms with Crippen molar-refractivity contribution in [1.29, 1.82) is 0 Å².